The van der Waals surface area contributed by atoms with Crippen molar-refractivity contribution in [2.75, 3.05) is 6.54 Å². The third-order valence-corrected chi connectivity index (χ3v) is 4.18. The van der Waals surface area contributed by atoms with Crippen LogP contribution in [0.15, 0.2) is 66.3 Å². The number of hydrogen-bond acceptors (Lipinski definition) is 4. The van der Waals surface area contributed by atoms with E-state index in [2.05, 4.69) is 54.4 Å². The van der Waals surface area contributed by atoms with Gasteiger partial charge in [0.1, 0.15) is 23.5 Å². The van der Waals surface area contributed by atoms with Gasteiger partial charge in [-0.3, -0.25) is 4.57 Å². The van der Waals surface area contributed by atoms with Gasteiger partial charge in [0.15, 0.2) is 5.96 Å². The summed E-state index contributed by atoms with van der Waals surface area (Å²) in [7, 11) is 0. The lowest BCUT2D eigenvalue weighted by Gasteiger charge is -2.23. The second kappa shape index (κ2) is 9.91. The monoisotopic (exact) mass is 406 g/mol. The number of benzene rings is 1. The normalized spacial score (nSPS) is 11.9. The summed E-state index contributed by atoms with van der Waals surface area (Å²) in [6, 6.07) is 12.1. The number of aromatic nitrogens is 3. The Morgan fingerprint density at radius 3 is 2.70 bits per heavy atom. The van der Waals surface area contributed by atoms with E-state index in [4.69, 9.17) is 9.73 Å². The van der Waals surface area contributed by atoms with Crippen molar-refractivity contribution in [2.45, 2.75) is 46.4 Å². The van der Waals surface area contributed by atoms with Crippen LogP contribution in [-0.4, -0.2) is 32.6 Å². The maximum absolute atomic E-state index is 6.09. The first-order valence-electron chi connectivity index (χ1n) is 10.2. The average molecular weight is 407 g/mol. The fourth-order valence-electron chi connectivity index (χ4n) is 2.87. The predicted molar refractivity (Wildman–Crippen MR) is 120 cm³/mol. The molecule has 0 saturated carbocycles. The van der Waals surface area contributed by atoms with Crippen molar-refractivity contribution < 1.29 is 4.74 Å². The number of imidazole rings is 1. The highest BCUT2D eigenvalue weighted by Crippen LogP contribution is 2.22. The molecule has 2 N–H and O–H groups in total. The molecule has 1 aromatic carbocycles. The maximum Gasteiger partial charge on any atom is 0.191 e. The number of ether oxygens (including phenoxy) is 1. The van der Waals surface area contributed by atoms with Crippen LogP contribution in [0.25, 0.3) is 5.82 Å². The van der Waals surface area contributed by atoms with Crippen LogP contribution >= 0.6 is 0 Å². The van der Waals surface area contributed by atoms with Gasteiger partial charge in [-0.2, -0.15) is 0 Å². The van der Waals surface area contributed by atoms with Crippen molar-refractivity contribution in [3.05, 3.63) is 72.4 Å². The number of para-hydroxylation sites is 1. The Kier molecular flexibility index (Phi) is 7.06. The van der Waals surface area contributed by atoms with Gasteiger partial charge in [-0.25, -0.2) is 15.0 Å². The molecule has 30 heavy (non-hydrogen) atoms. The molecule has 2 aromatic heterocycles. The minimum absolute atomic E-state index is 0.247. The first kappa shape index (κ1) is 21.4. The molecule has 3 aromatic rings. The number of nitrogens with zero attached hydrogens (tertiary/aromatic N) is 4. The summed E-state index contributed by atoms with van der Waals surface area (Å²) in [6.45, 7) is 10.1. The van der Waals surface area contributed by atoms with E-state index in [0.29, 0.717) is 13.1 Å². The predicted octanol–water partition coefficient (Wildman–Crippen LogP) is 3.70. The molecule has 7 nitrogen and oxygen atoms in total. The Morgan fingerprint density at radius 2 is 1.97 bits per heavy atom. The fraction of sp³-hybridized carbons (Fsp3) is 0.348. The standard InChI is InChI=1S/C23H30N6O/c1-5-25-22(28-16-19-8-6-7-9-20(19)30-23(2,3)4)27-15-18-10-11-26-21(14-18)29-13-12-24-17-29/h6-14,17H,5,15-16H2,1-4H3,(H2,25,27,28). The van der Waals surface area contributed by atoms with Gasteiger partial charge < -0.3 is 15.4 Å². The Balaban J connectivity index is 1.68. The topological polar surface area (TPSA) is 76.4 Å². The molecule has 0 saturated heterocycles. The summed E-state index contributed by atoms with van der Waals surface area (Å²) in [5.74, 6) is 2.46. The zero-order chi connectivity index (χ0) is 21.4. The highest BCUT2D eigenvalue weighted by atomic mass is 16.5. The van der Waals surface area contributed by atoms with Gasteiger partial charge >= 0.3 is 0 Å². The zero-order valence-corrected chi connectivity index (χ0v) is 18.1. The van der Waals surface area contributed by atoms with Gasteiger partial charge in [-0.15, -0.1) is 0 Å². The summed E-state index contributed by atoms with van der Waals surface area (Å²) in [6.07, 6.45) is 7.14. The quantitative estimate of drug-likeness (QED) is 0.462. The van der Waals surface area contributed by atoms with Crippen LogP contribution in [0.4, 0.5) is 0 Å². The largest absolute Gasteiger partial charge is 0.488 e. The lowest BCUT2D eigenvalue weighted by molar-refractivity contribution is 0.129. The van der Waals surface area contributed by atoms with Crippen molar-refractivity contribution >= 4 is 5.96 Å². The Morgan fingerprint density at radius 1 is 1.13 bits per heavy atom. The highest BCUT2D eigenvalue weighted by Gasteiger charge is 2.14. The molecule has 0 unspecified atom stereocenters. The number of nitrogens with one attached hydrogen (secondary N) is 2. The Labute approximate surface area is 178 Å². The summed E-state index contributed by atoms with van der Waals surface area (Å²) in [4.78, 5) is 13.2. The number of pyridine rings is 1. The first-order valence-corrected chi connectivity index (χ1v) is 10.2. The molecular weight excluding hydrogens is 376 g/mol. The molecule has 0 aliphatic carbocycles. The van der Waals surface area contributed by atoms with Gasteiger partial charge in [0.05, 0.1) is 6.54 Å². The molecule has 0 radical (unpaired) electrons. The molecule has 0 aliphatic heterocycles. The average Bonchev–Trinajstić information content (AvgIpc) is 3.25. The van der Waals surface area contributed by atoms with Crippen LogP contribution in [0.5, 0.6) is 5.75 Å². The minimum atomic E-state index is -0.247. The molecule has 2 heterocycles. The Hall–Kier alpha value is -3.35. The summed E-state index contributed by atoms with van der Waals surface area (Å²) in [5, 5.41) is 6.70. The third-order valence-electron chi connectivity index (χ3n) is 4.18. The zero-order valence-electron chi connectivity index (χ0n) is 18.1. The van der Waals surface area contributed by atoms with Crippen molar-refractivity contribution in [3.63, 3.8) is 0 Å². The van der Waals surface area contributed by atoms with Gasteiger partial charge in [0, 0.05) is 37.2 Å². The SMILES string of the molecule is CCNC(=NCc1ccnc(-n2ccnc2)c1)NCc1ccccc1OC(C)(C)C. The number of rotatable bonds is 7. The van der Waals surface area contributed by atoms with Crippen LogP contribution in [0.3, 0.4) is 0 Å². The fourth-order valence-corrected chi connectivity index (χ4v) is 2.87. The van der Waals surface area contributed by atoms with E-state index < -0.39 is 0 Å². The van der Waals surface area contributed by atoms with Crippen LogP contribution in [0.2, 0.25) is 0 Å². The van der Waals surface area contributed by atoms with Crippen molar-refractivity contribution in [3.8, 4) is 11.6 Å². The van der Waals surface area contributed by atoms with Gasteiger partial charge in [-0.05, 0) is 51.5 Å². The molecule has 0 aliphatic rings. The second-order valence-corrected chi connectivity index (χ2v) is 7.86. The van der Waals surface area contributed by atoms with Gasteiger partial charge in [0.2, 0.25) is 0 Å². The van der Waals surface area contributed by atoms with E-state index in [0.717, 1.165) is 35.2 Å². The van der Waals surface area contributed by atoms with E-state index >= 15 is 0 Å². The van der Waals surface area contributed by atoms with Crippen LogP contribution < -0.4 is 15.4 Å². The van der Waals surface area contributed by atoms with Crippen LogP contribution in [-0.2, 0) is 13.1 Å². The smallest absolute Gasteiger partial charge is 0.191 e. The summed E-state index contributed by atoms with van der Waals surface area (Å²) < 4.78 is 7.97. The molecule has 0 fully saturated rings. The summed E-state index contributed by atoms with van der Waals surface area (Å²) in [5.41, 5.74) is 1.91. The van der Waals surface area contributed by atoms with E-state index in [1.165, 1.54) is 0 Å². The second-order valence-electron chi connectivity index (χ2n) is 7.86. The van der Waals surface area contributed by atoms with E-state index in [1.807, 2.05) is 41.1 Å². The van der Waals surface area contributed by atoms with Crippen LogP contribution in [0, 0.1) is 0 Å². The Bertz CT molecular complexity index is 960. The van der Waals surface area contributed by atoms with Gasteiger partial charge in [0.25, 0.3) is 0 Å². The van der Waals surface area contributed by atoms with Crippen molar-refractivity contribution in [1.82, 2.24) is 25.2 Å². The minimum Gasteiger partial charge on any atom is -0.488 e. The number of aliphatic imine (C=N–C) groups is 1. The highest BCUT2D eigenvalue weighted by molar-refractivity contribution is 5.79. The van der Waals surface area contributed by atoms with Crippen molar-refractivity contribution in [1.29, 1.82) is 0 Å². The van der Waals surface area contributed by atoms with E-state index in [9.17, 15) is 0 Å². The van der Waals surface area contributed by atoms with Gasteiger partial charge in [-0.1, -0.05) is 18.2 Å². The molecule has 0 atom stereocenters. The molecule has 0 spiro atoms. The molecule has 0 bridgehead atoms. The van der Waals surface area contributed by atoms with Crippen LogP contribution in [0.1, 0.15) is 38.8 Å². The summed E-state index contributed by atoms with van der Waals surface area (Å²) >= 11 is 0. The van der Waals surface area contributed by atoms with E-state index in [-0.39, 0.29) is 5.60 Å². The molecule has 3 rings (SSSR count). The lowest BCUT2D eigenvalue weighted by atomic mass is 10.1. The molecule has 0 amide bonds. The molecule has 158 valence electrons. The third kappa shape index (κ3) is 6.34. The maximum atomic E-state index is 6.09. The number of guanidine groups is 1. The van der Waals surface area contributed by atoms with E-state index in [1.54, 1.807) is 18.7 Å². The first-order chi connectivity index (χ1) is 14.4. The molecular formula is C23H30N6O. The lowest BCUT2D eigenvalue weighted by Crippen LogP contribution is -2.37. The molecule has 7 heteroatoms. The number of hydrogen-bond donors (Lipinski definition) is 2. The van der Waals surface area contributed by atoms with Crippen molar-refractivity contribution in [2.24, 2.45) is 4.99 Å².